The fourth-order valence-corrected chi connectivity index (χ4v) is 1.72. The van der Waals surface area contributed by atoms with Crippen molar-refractivity contribution in [1.29, 1.82) is 0 Å². The van der Waals surface area contributed by atoms with Gasteiger partial charge in [-0.15, -0.1) is 0 Å². The van der Waals surface area contributed by atoms with E-state index in [4.69, 9.17) is 5.73 Å². The lowest BCUT2D eigenvalue weighted by molar-refractivity contribution is 0.691. The molecule has 0 amide bonds. The van der Waals surface area contributed by atoms with Gasteiger partial charge in [-0.2, -0.15) is 0 Å². The van der Waals surface area contributed by atoms with E-state index in [-0.39, 0.29) is 6.04 Å². The molecule has 0 fully saturated rings. The third kappa shape index (κ3) is 1.05. The van der Waals surface area contributed by atoms with Gasteiger partial charge in [-0.1, -0.05) is 23.8 Å². The van der Waals surface area contributed by atoms with Crippen molar-refractivity contribution in [2.45, 2.75) is 25.8 Å². The molecular formula is C10H12N. The minimum Gasteiger partial charge on any atom is -0.250 e. The van der Waals surface area contributed by atoms with Crippen LogP contribution in [0, 0.1) is 6.92 Å². The van der Waals surface area contributed by atoms with Crippen molar-refractivity contribution in [3.63, 3.8) is 0 Å². The third-order valence-corrected chi connectivity index (χ3v) is 2.38. The number of nitrogens with one attached hydrogen (secondary N) is 1. The van der Waals surface area contributed by atoms with E-state index in [1.165, 1.54) is 16.7 Å². The Morgan fingerprint density at radius 3 is 3.09 bits per heavy atom. The molecule has 1 atom stereocenters. The van der Waals surface area contributed by atoms with Gasteiger partial charge in [-0.3, -0.25) is 0 Å². The number of hydrogen-bond acceptors (Lipinski definition) is 0. The predicted octanol–water partition coefficient (Wildman–Crippen LogP) is 2.27. The lowest BCUT2D eigenvalue weighted by Gasteiger charge is -2.03. The Hall–Kier alpha value is -0.820. The van der Waals surface area contributed by atoms with E-state index in [1.807, 2.05) is 0 Å². The Kier molecular flexibility index (Phi) is 1.46. The SMILES string of the molecule is Cc1ccc2c(c1)[C@H]([NH])CC2. The van der Waals surface area contributed by atoms with Crippen LogP contribution in [0.2, 0.25) is 0 Å². The first-order chi connectivity index (χ1) is 5.27. The molecule has 0 unspecified atom stereocenters. The summed E-state index contributed by atoms with van der Waals surface area (Å²) in [7, 11) is 0. The molecule has 1 aromatic carbocycles. The fourth-order valence-electron chi connectivity index (χ4n) is 1.72. The molecule has 0 saturated heterocycles. The standard InChI is InChI=1S/C10H12N/c1-7-2-3-8-4-5-10(11)9(8)6-7/h2-3,6,10-11H,4-5H2,1H3/t10-/m1/s1. The molecule has 1 aliphatic rings. The van der Waals surface area contributed by atoms with Gasteiger partial charge < -0.3 is 0 Å². The molecule has 1 aromatic rings. The summed E-state index contributed by atoms with van der Waals surface area (Å²) in [6.45, 7) is 2.09. The van der Waals surface area contributed by atoms with Gasteiger partial charge in [0.2, 0.25) is 0 Å². The highest BCUT2D eigenvalue weighted by molar-refractivity contribution is 5.37. The van der Waals surface area contributed by atoms with Gasteiger partial charge in [0.25, 0.3) is 0 Å². The molecule has 0 aromatic heterocycles. The van der Waals surface area contributed by atoms with Crippen molar-refractivity contribution in [3.05, 3.63) is 34.9 Å². The highest BCUT2D eigenvalue weighted by Crippen LogP contribution is 2.30. The summed E-state index contributed by atoms with van der Waals surface area (Å²) in [6.07, 6.45) is 2.11. The lowest BCUT2D eigenvalue weighted by atomic mass is 10.1. The van der Waals surface area contributed by atoms with Crippen molar-refractivity contribution in [2.24, 2.45) is 0 Å². The lowest BCUT2D eigenvalue weighted by Crippen LogP contribution is -1.92. The van der Waals surface area contributed by atoms with E-state index in [1.54, 1.807) is 0 Å². The average molecular weight is 146 g/mol. The third-order valence-electron chi connectivity index (χ3n) is 2.38. The second-order valence-corrected chi connectivity index (χ2v) is 3.29. The molecule has 0 heterocycles. The molecule has 0 aliphatic heterocycles. The van der Waals surface area contributed by atoms with Crippen LogP contribution in [0.3, 0.4) is 0 Å². The van der Waals surface area contributed by atoms with E-state index >= 15 is 0 Å². The van der Waals surface area contributed by atoms with Crippen LogP contribution in [-0.2, 0) is 6.42 Å². The quantitative estimate of drug-likeness (QED) is 0.536. The van der Waals surface area contributed by atoms with Crippen LogP contribution in [-0.4, -0.2) is 0 Å². The Bertz CT molecular complexity index is 278. The average Bonchev–Trinajstić information content (AvgIpc) is 2.33. The first-order valence-electron chi connectivity index (χ1n) is 4.08. The number of fused-ring (bicyclic) bond motifs is 1. The van der Waals surface area contributed by atoms with E-state index in [9.17, 15) is 0 Å². The molecule has 0 saturated carbocycles. The molecule has 2 rings (SSSR count). The highest BCUT2D eigenvalue weighted by Gasteiger charge is 2.18. The summed E-state index contributed by atoms with van der Waals surface area (Å²) in [5, 5.41) is 0. The monoisotopic (exact) mass is 146 g/mol. The molecular weight excluding hydrogens is 134 g/mol. The fraction of sp³-hybridized carbons (Fsp3) is 0.400. The zero-order chi connectivity index (χ0) is 7.84. The molecule has 0 spiro atoms. The number of benzene rings is 1. The molecule has 1 heteroatoms. The summed E-state index contributed by atoms with van der Waals surface area (Å²) < 4.78 is 0. The first kappa shape index (κ1) is 6.86. The summed E-state index contributed by atoms with van der Waals surface area (Å²) in [6, 6.07) is 6.50. The van der Waals surface area contributed by atoms with Gasteiger partial charge in [0.1, 0.15) is 0 Å². The van der Waals surface area contributed by atoms with Gasteiger partial charge in [0.15, 0.2) is 0 Å². The van der Waals surface area contributed by atoms with Gasteiger partial charge in [-0.25, -0.2) is 5.73 Å². The van der Waals surface area contributed by atoms with Crippen LogP contribution in [0.15, 0.2) is 18.2 Å². The molecule has 1 radical (unpaired) electrons. The van der Waals surface area contributed by atoms with E-state index < -0.39 is 0 Å². The molecule has 1 aliphatic carbocycles. The maximum absolute atomic E-state index is 7.71. The summed E-state index contributed by atoms with van der Waals surface area (Å²) in [5.74, 6) is 0. The maximum Gasteiger partial charge on any atom is 0.0468 e. The molecule has 57 valence electrons. The minimum atomic E-state index is 0.0462. The van der Waals surface area contributed by atoms with Gasteiger partial charge >= 0.3 is 0 Å². The second kappa shape index (κ2) is 2.35. The Balaban J connectivity index is 2.52. The van der Waals surface area contributed by atoms with Crippen LogP contribution in [0.4, 0.5) is 0 Å². The van der Waals surface area contributed by atoms with Gasteiger partial charge in [0.05, 0.1) is 0 Å². The highest BCUT2D eigenvalue weighted by atomic mass is 14.6. The zero-order valence-electron chi connectivity index (χ0n) is 6.72. The second-order valence-electron chi connectivity index (χ2n) is 3.29. The zero-order valence-corrected chi connectivity index (χ0v) is 6.72. The topological polar surface area (TPSA) is 23.8 Å². The maximum atomic E-state index is 7.71. The van der Waals surface area contributed by atoms with Crippen molar-refractivity contribution in [2.75, 3.05) is 0 Å². The van der Waals surface area contributed by atoms with Crippen LogP contribution < -0.4 is 5.73 Å². The van der Waals surface area contributed by atoms with Crippen molar-refractivity contribution in [3.8, 4) is 0 Å². The van der Waals surface area contributed by atoms with Gasteiger partial charge in [0, 0.05) is 6.04 Å². The first-order valence-corrected chi connectivity index (χ1v) is 4.08. The Morgan fingerprint density at radius 1 is 1.45 bits per heavy atom. The Labute approximate surface area is 67.2 Å². The van der Waals surface area contributed by atoms with Crippen molar-refractivity contribution < 1.29 is 0 Å². The minimum absolute atomic E-state index is 0.0462. The summed E-state index contributed by atoms with van der Waals surface area (Å²) in [4.78, 5) is 0. The van der Waals surface area contributed by atoms with Crippen molar-refractivity contribution in [1.82, 2.24) is 5.73 Å². The van der Waals surface area contributed by atoms with Crippen LogP contribution >= 0.6 is 0 Å². The molecule has 1 N–H and O–H groups in total. The molecule has 11 heavy (non-hydrogen) atoms. The summed E-state index contributed by atoms with van der Waals surface area (Å²) in [5.41, 5.74) is 11.6. The number of hydrogen-bond donors (Lipinski definition) is 0. The van der Waals surface area contributed by atoms with Crippen LogP contribution in [0.5, 0.6) is 0 Å². The smallest absolute Gasteiger partial charge is 0.0468 e. The predicted molar refractivity (Wildman–Crippen MR) is 45.3 cm³/mol. The molecule has 0 bridgehead atoms. The van der Waals surface area contributed by atoms with E-state index in [2.05, 4.69) is 25.1 Å². The number of aryl methyl sites for hydroxylation is 2. The van der Waals surface area contributed by atoms with Crippen molar-refractivity contribution >= 4 is 0 Å². The van der Waals surface area contributed by atoms with E-state index in [0.29, 0.717) is 0 Å². The van der Waals surface area contributed by atoms with E-state index in [0.717, 1.165) is 12.8 Å². The summed E-state index contributed by atoms with van der Waals surface area (Å²) >= 11 is 0. The number of rotatable bonds is 0. The molecule has 1 nitrogen and oxygen atoms in total. The van der Waals surface area contributed by atoms with Gasteiger partial charge in [-0.05, 0) is 30.9 Å². The van der Waals surface area contributed by atoms with Crippen LogP contribution in [0.25, 0.3) is 0 Å². The largest absolute Gasteiger partial charge is 0.250 e. The Morgan fingerprint density at radius 2 is 2.27 bits per heavy atom. The normalized spacial score (nSPS) is 21.8. The van der Waals surface area contributed by atoms with Crippen LogP contribution in [0.1, 0.15) is 29.2 Å².